The molecule has 3 N–H and O–H groups in total. The average molecular weight is 712 g/mol. The van der Waals surface area contributed by atoms with Crippen LogP contribution in [0.3, 0.4) is 0 Å². The lowest BCUT2D eigenvalue weighted by atomic mass is 9.81. The second-order valence-corrected chi connectivity index (χ2v) is 17.5. The first-order chi connectivity index (χ1) is 23.4. The number of carboxylic acid groups (broad SMARTS) is 1. The van der Waals surface area contributed by atoms with Gasteiger partial charge in [-0.3, -0.25) is 13.9 Å². The molecule has 50 heavy (non-hydrogen) atoms. The number of rotatable bonds is 10. The molecule has 2 aromatic carbocycles. The summed E-state index contributed by atoms with van der Waals surface area (Å²) >= 11 is 0. The van der Waals surface area contributed by atoms with E-state index in [1.807, 2.05) is 45.0 Å². The second-order valence-electron chi connectivity index (χ2n) is 15.0. The molecule has 3 aromatic rings. The Hall–Kier alpha value is -3.71. The summed E-state index contributed by atoms with van der Waals surface area (Å²) in [6.07, 6.45) is 0.956. The van der Waals surface area contributed by atoms with Gasteiger partial charge in [0.2, 0.25) is 0 Å². The molecule has 3 heterocycles. The molecule has 2 fully saturated rings. The van der Waals surface area contributed by atoms with E-state index in [0.29, 0.717) is 59.9 Å². The van der Waals surface area contributed by atoms with E-state index in [4.69, 9.17) is 14.5 Å². The smallest absolute Gasteiger partial charge is 0.337 e. The Labute approximate surface area is 296 Å². The predicted octanol–water partition coefficient (Wildman–Crippen LogP) is 7.59. The number of aryl methyl sites for hydroxylation is 1. The van der Waals surface area contributed by atoms with Gasteiger partial charge in [-0.1, -0.05) is 38.1 Å². The number of benzene rings is 2. The first-order valence-corrected chi connectivity index (χ1v) is 19.0. The molecular formula is C38H50FN3O7S. The summed E-state index contributed by atoms with van der Waals surface area (Å²) < 4.78 is 46.1. The van der Waals surface area contributed by atoms with Crippen molar-refractivity contribution in [3.05, 3.63) is 76.9 Å². The zero-order valence-corrected chi connectivity index (χ0v) is 30.7. The molecule has 10 nitrogen and oxygen atoms in total. The summed E-state index contributed by atoms with van der Waals surface area (Å²) in [6, 6.07) is 13.6. The number of pyridine rings is 1. The zero-order valence-electron chi connectivity index (χ0n) is 29.9. The van der Waals surface area contributed by atoms with E-state index < -0.39 is 28.3 Å². The topological polar surface area (TPSA) is 133 Å². The van der Waals surface area contributed by atoms with Crippen LogP contribution >= 0.6 is 10.6 Å². The van der Waals surface area contributed by atoms with Crippen LogP contribution in [0.1, 0.15) is 80.9 Å². The number of hydrogen-bond acceptors (Lipinski definition) is 8. The standard InChI is InChI=1S/C38H50FN3O7S/c1-25-30(34(36(44)45)49-37(2,3)4)33(41-18-16-38(5,6)17-19-41)31(32(40-25)35(43)42-20-23-50(46,47)24-21-42)27-9-13-29(14-10-27)48-22-15-26-7-11-28(39)12-8-26/h7-14,34,46-47H,15-24H2,1-6H3,(H,44,45)/t34-/m0/s1. The maximum atomic E-state index is 14.4. The lowest BCUT2D eigenvalue weighted by Crippen LogP contribution is -2.43. The third-order valence-corrected chi connectivity index (χ3v) is 11.0. The SMILES string of the molecule is Cc1nc(C(=O)N2CCS(O)(O)CC2)c(-c2ccc(OCCc3ccc(F)cc3)cc2)c(N2CCC(C)(C)CC2)c1[C@H](OC(C)(C)C)C(=O)O. The molecule has 0 spiro atoms. The van der Waals surface area contributed by atoms with Crippen molar-refractivity contribution in [3.63, 3.8) is 0 Å². The summed E-state index contributed by atoms with van der Waals surface area (Å²) in [5.41, 5.74) is 2.99. The lowest BCUT2D eigenvalue weighted by molar-refractivity contribution is -0.160. The number of hydrogen-bond donors (Lipinski definition) is 3. The van der Waals surface area contributed by atoms with Gasteiger partial charge in [0.1, 0.15) is 17.3 Å². The van der Waals surface area contributed by atoms with Gasteiger partial charge in [0.15, 0.2) is 6.10 Å². The third kappa shape index (κ3) is 9.14. The number of ether oxygens (including phenoxy) is 2. The van der Waals surface area contributed by atoms with Gasteiger partial charge in [0.25, 0.3) is 5.91 Å². The number of piperidine rings is 1. The lowest BCUT2D eigenvalue weighted by Gasteiger charge is -2.42. The van der Waals surface area contributed by atoms with Crippen LogP contribution < -0.4 is 9.64 Å². The Morgan fingerprint density at radius 2 is 1.58 bits per heavy atom. The van der Waals surface area contributed by atoms with Crippen molar-refractivity contribution in [2.75, 3.05) is 49.2 Å². The Balaban J connectivity index is 1.63. The van der Waals surface area contributed by atoms with Crippen LogP contribution in [0.5, 0.6) is 5.75 Å². The molecule has 0 radical (unpaired) electrons. The number of aromatic nitrogens is 1. The summed E-state index contributed by atoms with van der Waals surface area (Å²) in [6.45, 7) is 13.6. The number of halogens is 1. The molecule has 0 unspecified atom stereocenters. The molecule has 272 valence electrons. The summed E-state index contributed by atoms with van der Waals surface area (Å²) in [5, 5.41) is 10.6. The van der Waals surface area contributed by atoms with E-state index in [1.165, 1.54) is 12.1 Å². The third-order valence-electron chi connectivity index (χ3n) is 9.37. The van der Waals surface area contributed by atoms with Gasteiger partial charge in [-0.05, 0) is 81.3 Å². The zero-order chi connectivity index (χ0) is 36.4. The van der Waals surface area contributed by atoms with Gasteiger partial charge in [-0.25, -0.2) is 14.2 Å². The number of aliphatic carboxylic acids is 1. The maximum Gasteiger partial charge on any atom is 0.337 e. The molecular weight excluding hydrogens is 661 g/mol. The highest BCUT2D eigenvalue weighted by Gasteiger charge is 2.39. The van der Waals surface area contributed by atoms with E-state index in [9.17, 15) is 28.2 Å². The first kappa shape index (κ1) is 37.5. The van der Waals surface area contributed by atoms with Gasteiger partial charge in [0, 0.05) is 49.4 Å². The molecule has 1 aromatic heterocycles. The average Bonchev–Trinajstić information content (AvgIpc) is 3.04. The molecule has 1 atom stereocenters. The van der Waals surface area contributed by atoms with Crippen LogP contribution in [-0.4, -0.2) is 85.9 Å². The van der Waals surface area contributed by atoms with E-state index >= 15 is 0 Å². The number of carbonyl (C=O) groups excluding carboxylic acids is 1. The molecule has 2 saturated heterocycles. The molecule has 0 bridgehead atoms. The monoisotopic (exact) mass is 711 g/mol. The molecule has 0 saturated carbocycles. The molecule has 2 aliphatic rings. The van der Waals surface area contributed by atoms with E-state index in [0.717, 1.165) is 18.4 Å². The summed E-state index contributed by atoms with van der Waals surface area (Å²) in [4.78, 5) is 36.0. The fourth-order valence-corrected chi connectivity index (χ4v) is 7.66. The van der Waals surface area contributed by atoms with Gasteiger partial charge in [-0.2, -0.15) is 10.6 Å². The fraction of sp³-hybridized carbons (Fsp3) is 0.500. The minimum atomic E-state index is -2.75. The molecule has 1 amide bonds. The van der Waals surface area contributed by atoms with Crippen LogP contribution in [0, 0.1) is 18.2 Å². The molecule has 5 rings (SSSR count). The maximum absolute atomic E-state index is 14.4. The number of amides is 1. The molecule has 12 heteroatoms. The van der Waals surface area contributed by atoms with Gasteiger partial charge in [0.05, 0.1) is 29.4 Å². The first-order valence-electron chi connectivity index (χ1n) is 17.1. The van der Waals surface area contributed by atoms with Gasteiger partial charge < -0.3 is 24.4 Å². The highest BCUT2D eigenvalue weighted by atomic mass is 32.3. The van der Waals surface area contributed by atoms with Crippen LogP contribution in [0.25, 0.3) is 11.1 Å². The number of anilines is 1. The van der Waals surface area contributed by atoms with Crippen molar-refractivity contribution in [2.45, 2.75) is 72.5 Å². The highest BCUT2D eigenvalue weighted by molar-refractivity contribution is 8.24. The van der Waals surface area contributed by atoms with Crippen LogP contribution in [0.15, 0.2) is 48.5 Å². The molecule has 2 aliphatic heterocycles. The Morgan fingerprint density at radius 1 is 0.980 bits per heavy atom. The fourth-order valence-electron chi connectivity index (χ4n) is 6.43. The van der Waals surface area contributed by atoms with Crippen molar-refractivity contribution in [1.82, 2.24) is 9.88 Å². The second kappa shape index (κ2) is 14.9. The minimum Gasteiger partial charge on any atom is -0.493 e. The minimum absolute atomic E-state index is 0.0870. The van der Waals surface area contributed by atoms with Crippen molar-refractivity contribution < 1.29 is 37.7 Å². The van der Waals surface area contributed by atoms with Crippen LogP contribution in [0.2, 0.25) is 0 Å². The quantitative estimate of drug-likeness (QED) is 0.195. The number of nitrogens with zero attached hydrogens (tertiary/aromatic N) is 3. The Morgan fingerprint density at radius 3 is 2.14 bits per heavy atom. The van der Waals surface area contributed by atoms with Crippen molar-refractivity contribution in [1.29, 1.82) is 0 Å². The van der Waals surface area contributed by atoms with Crippen molar-refractivity contribution in [2.24, 2.45) is 5.41 Å². The van der Waals surface area contributed by atoms with Gasteiger partial charge >= 0.3 is 5.97 Å². The van der Waals surface area contributed by atoms with E-state index in [1.54, 1.807) is 24.0 Å². The van der Waals surface area contributed by atoms with Crippen LogP contribution in [-0.2, 0) is 16.0 Å². The number of carboxylic acids is 1. The summed E-state index contributed by atoms with van der Waals surface area (Å²) in [5.74, 6) is -1.02. The van der Waals surface area contributed by atoms with Gasteiger partial charge in [-0.15, -0.1) is 0 Å². The van der Waals surface area contributed by atoms with E-state index in [2.05, 4.69) is 18.7 Å². The number of carbonyl (C=O) groups is 2. The predicted molar refractivity (Wildman–Crippen MR) is 195 cm³/mol. The van der Waals surface area contributed by atoms with Crippen molar-refractivity contribution >= 4 is 28.2 Å². The van der Waals surface area contributed by atoms with Crippen molar-refractivity contribution in [3.8, 4) is 16.9 Å². The van der Waals surface area contributed by atoms with Crippen LogP contribution in [0.4, 0.5) is 10.1 Å². The highest BCUT2D eigenvalue weighted by Crippen LogP contribution is 2.46. The Kier molecular flexibility index (Phi) is 11.2. The normalized spacial score (nSPS) is 18.7. The largest absolute Gasteiger partial charge is 0.493 e. The Bertz CT molecular complexity index is 1670. The molecule has 0 aliphatic carbocycles. The van der Waals surface area contributed by atoms with E-state index in [-0.39, 0.29) is 47.4 Å². The summed E-state index contributed by atoms with van der Waals surface area (Å²) in [7, 11) is -2.75.